The van der Waals surface area contributed by atoms with Crippen LogP contribution in [0.15, 0.2) is 52.4 Å². The van der Waals surface area contributed by atoms with E-state index < -0.39 is 20.9 Å². The van der Waals surface area contributed by atoms with Crippen LogP contribution in [0, 0.1) is 10.1 Å². The lowest BCUT2D eigenvalue weighted by Gasteiger charge is -2.32. The van der Waals surface area contributed by atoms with Gasteiger partial charge in [0, 0.05) is 36.8 Å². The number of carbonyl (C=O) groups is 1. The Morgan fingerprint density at radius 3 is 2.58 bits per heavy atom. The largest absolute Gasteiger partial charge is 0.317 e. The molecular formula is C22H24N4O5S2. The highest BCUT2D eigenvalue weighted by Gasteiger charge is 2.30. The second kappa shape index (κ2) is 9.16. The third-order valence-corrected chi connectivity index (χ3v) is 8.91. The van der Waals surface area contributed by atoms with E-state index in [1.165, 1.54) is 52.0 Å². The predicted octanol–water partition coefficient (Wildman–Crippen LogP) is 3.94. The van der Waals surface area contributed by atoms with Crippen molar-refractivity contribution in [3.8, 4) is 0 Å². The number of thiazole rings is 1. The normalized spacial score (nSPS) is 18.0. The number of amides is 1. The number of aromatic nitrogens is 1. The van der Waals surface area contributed by atoms with Crippen LogP contribution in [-0.2, 0) is 16.6 Å². The summed E-state index contributed by atoms with van der Waals surface area (Å²) in [6.07, 6.45) is 2.70. The highest BCUT2D eigenvalue weighted by Crippen LogP contribution is 2.26. The number of hydrogen-bond acceptors (Lipinski definition) is 6. The highest BCUT2D eigenvalue weighted by molar-refractivity contribution is 7.89. The van der Waals surface area contributed by atoms with Crippen molar-refractivity contribution < 1.29 is 18.1 Å². The van der Waals surface area contributed by atoms with E-state index in [9.17, 15) is 23.3 Å². The van der Waals surface area contributed by atoms with Crippen molar-refractivity contribution in [2.75, 3.05) is 6.54 Å². The van der Waals surface area contributed by atoms with Crippen LogP contribution in [0.4, 0.5) is 5.69 Å². The summed E-state index contributed by atoms with van der Waals surface area (Å²) in [7, 11) is -3.62. The average Bonchev–Trinajstić information content (AvgIpc) is 3.15. The lowest BCUT2D eigenvalue weighted by molar-refractivity contribution is -0.384. The Bertz CT molecular complexity index is 1390. The molecule has 0 aliphatic carbocycles. The molecule has 33 heavy (non-hydrogen) atoms. The number of rotatable bonds is 5. The van der Waals surface area contributed by atoms with E-state index in [2.05, 4.69) is 4.99 Å². The Kier molecular flexibility index (Phi) is 6.46. The number of non-ortho nitro benzene ring substituents is 1. The first-order chi connectivity index (χ1) is 15.7. The number of carbonyl (C=O) groups excluding carboxylic acids is 1. The number of sulfonamides is 1. The van der Waals surface area contributed by atoms with Gasteiger partial charge in [0.25, 0.3) is 11.6 Å². The molecule has 1 atom stereocenters. The molecule has 0 N–H and O–H groups in total. The standard InChI is InChI=1S/C22H24N4O5S2/c1-3-24-19-12-9-17(26(28)29)14-20(19)32-22(24)23-21(27)16-7-10-18(11-8-16)33(30,31)25-13-5-4-6-15(25)2/h7-12,14-15H,3-6,13H2,1-2H3. The van der Waals surface area contributed by atoms with Gasteiger partial charge in [0.15, 0.2) is 4.80 Å². The van der Waals surface area contributed by atoms with Crippen molar-refractivity contribution >= 4 is 43.2 Å². The molecule has 1 unspecified atom stereocenters. The quantitative estimate of drug-likeness (QED) is 0.399. The highest BCUT2D eigenvalue weighted by atomic mass is 32.2. The number of benzene rings is 2. The Hall–Kier alpha value is -2.89. The summed E-state index contributed by atoms with van der Waals surface area (Å²) in [6, 6.07) is 10.3. The van der Waals surface area contributed by atoms with Gasteiger partial charge in [-0.3, -0.25) is 14.9 Å². The molecule has 0 spiro atoms. The van der Waals surface area contributed by atoms with E-state index in [1.54, 1.807) is 6.07 Å². The minimum atomic E-state index is -3.62. The Morgan fingerprint density at radius 2 is 1.94 bits per heavy atom. The van der Waals surface area contributed by atoms with Crippen molar-refractivity contribution in [2.45, 2.75) is 50.6 Å². The summed E-state index contributed by atoms with van der Waals surface area (Å²) < 4.78 is 30.0. The molecule has 11 heteroatoms. The number of nitro groups is 1. The number of fused-ring (bicyclic) bond motifs is 1. The lowest BCUT2D eigenvalue weighted by atomic mass is 10.1. The molecule has 1 aliphatic heterocycles. The second-order valence-electron chi connectivity index (χ2n) is 7.94. The molecule has 1 aromatic heterocycles. The van der Waals surface area contributed by atoms with Crippen LogP contribution in [0.2, 0.25) is 0 Å². The molecule has 4 rings (SSSR count). The maximum absolute atomic E-state index is 13.0. The Labute approximate surface area is 195 Å². The van der Waals surface area contributed by atoms with E-state index in [0.717, 1.165) is 24.8 Å². The van der Waals surface area contributed by atoms with E-state index >= 15 is 0 Å². The zero-order valence-corrected chi connectivity index (χ0v) is 19.9. The molecular weight excluding hydrogens is 464 g/mol. The van der Waals surface area contributed by atoms with Crippen LogP contribution in [0.25, 0.3) is 10.2 Å². The van der Waals surface area contributed by atoms with Crippen LogP contribution in [0.3, 0.4) is 0 Å². The second-order valence-corrected chi connectivity index (χ2v) is 10.8. The molecule has 1 aliphatic rings. The minimum Gasteiger partial charge on any atom is -0.317 e. The molecule has 2 heterocycles. The van der Waals surface area contributed by atoms with Crippen molar-refractivity contribution in [2.24, 2.45) is 4.99 Å². The van der Waals surface area contributed by atoms with Crippen LogP contribution in [0.5, 0.6) is 0 Å². The van der Waals surface area contributed by atoms with E-state index in [4.69, 9.17) is 0 Å². The van der Waals surface area contributed by atoms with Crippen LogP contribution >= 0.6 is 11.3 Å². The van der Waals surface area contributed by atoms with Crippen LogP contribution in [0.1, 0.15) is 43.5 Å². The molecule has 0 bridgehead atoms. The van der Waals surface area contributed by atoms with Gasteiger partial charge in [-0.15, -0.1) is 0 Å². The van der Waals surface area contributed by atoms with Gasteiger partial charge in [0.2, 0.25) is 10.0 Å². The van der Waals surface area contributed by atoms with Crippen molar-refractivity contribution in [1.82, 2.24) is 8.87 Å². The molecule has 1 saturated heterocycles. The van der Waals surface area contributed by atoms with Crippen molar-refractivity contribution in [3.05, 3.63) is 62.9 Å². The van der Waals surface area contributed by atoms with E-state index in [1.807, 2.05) is 18.4 Å². The monoisotopic (exact) mass is 488 g/mol. The average molecular weight is 489 g/mol. The summed E-state index contributed by atoms with van der Waals surface area (Å²) in [6.45, 7) is 4.85. The summed E-state index contributed by atoms with van der Waals surface area (Å²) in [5.41, 5.74) is 1.01. The first kappa shape index (κ1) is 23.3. The molecule has 2 aromatic carbocycles. The minimum absolute atomic E-state index is 0.0234. The van der Waals surface area contributed by atoms with Gasteiger partial charge in [0.05, 0.1) is 20.0 Å². The van der Waals surface area contributed by atoms with Crippen molar-refractivity contribution in [1.29, 1.82) is 0 Å². The SMILES string of the molecule is CCn1c(=NC(=O)c2ccc(S(=O)(=O)N3CCCCC3C)cc2)sc2cc([N+](=O)[O-])ccc21. The van der Waals surface area contributed by atoms with Gasteiger partial charge >= 0.3 is 0 Å². The van der Waals surface area contributed by atoms with Gasteiger partial charge in [-0.05, 0) is 57.0 Å². The maximum Gasteiger partial charge on any atom is 0.279 e. The third-order valence-electron chi connectivity index (χ3n) is 5.84. The van der Waals surface area contributed by atoms with Gasteiger partial charge in [-0.25, -0.2) is 8.42 Å². The van der Waals surface area contributed by atoms with E-state index in [0.29, 0.717) is 22.6 Å². The van der Waals surface area contributed by atoms with Crippen LogP contribution < -0.4 is 4.80 Å². The topological polar surface area (TPSA) is 115 Å². The van der Waals surface area contributed by atoms with Gasteiger partial charge in [-0.1, -0.05) is 17.8 Å². The Balaban J connectivity index is 1.65. The molecule has 3 aromatic rings. The van der Waals surface area contributed by atoms with Crippen LogP contribution in [-0.4, -0.2) is 40.7 Å². The molecule has 1 fully saturated rings. The Morgan fingerprint density at radius 1 is 1.21 bits per heavy atom. The summed E-state index contributed by atoms with van der Waals surface area (Å²) in [4.78, 5) is 28.2. The van der Waals surface area contributed by atoms with E-state index in [-0.39, 0.29) is 22.2 Å². The lowest BCUT2D eigenvalue weighted by Crippen LogP contribution is -2.41. The van der Waals surface area contributed by atoms with Gasteiger partial charge in [0.1, 0.15) is 0 Å². The number of nitro benzene ring substituents is 1. The smallest absolute Gasteiger partial charge is 0.279 e. The zero-order chi connectivity index (χ0) is 23.8. The molecule has 174 valence electrons. The summed E-state index contributed by atoms with van der Waals surface area (Å²) in [5.74, 6) is -0.506. The zero-order valence-electron chi connectivity index (χ0n) is 18.3. The van der Waals surface area contributed by atoms with Crippen molar-refractivity contribution in [3.63, 3.8) is 0 Å². The first-order valence-corrected chi connectivity index (χ1v) is 13.0. The summed E-state index contributed by atoms with van der Waals surface area (Å²) >= 11 is 1.20. The van der Waals surface area contributed by atoms with Gasteiger partial charge < -0.3 is 4.57 Å². The number of hydrogen-bond donors (Lipinski definition) is 0. The molecule has 0 saturated carbocycles. The fourth-order valence-electron chi connectivity index (χ4n) is 4.05. The summed E-state index contributed by atoms with van der Waals surface area (Å²) in [5, 5.41) is 11.1. The van der Waals surface area contributed by atoms with Gasteiger partial charge in [-0.2, -0.15) is 9.30 Å². The third kappa shape index (κ3) is 4.48. The molecule has 1 amide bonds. The first-order valence-electron chi connectivity index (χ1n) is 10.7. The maximum atomic E-state index is 13.0. The number of piperidine rings is 1. The molecule has 0 radical (unpaired) electrons. The molecule has 9 nitrogen and oxygen atoms in total. The number of nitrogens with zero attached hydrogens (tertiary/aromatic N) is 4. The number of aryl methyl sites for hydroxylation is 1. The fraction of sp³-hybridized carbons (Fsp3) is 0.364. The fourth-order valence-corrected chi connectivity index (χ4v) is 6.88. The predicted molar refractivity (Wildman–Crippen MR) is 126 cm³/mol.